The predicted molar refractivity (Wildman–Crippen MR) is 38.5 cm³/mol. The molecule has 1 aliphatic rings. The summed E-state index contributed by atoms with van der Waals surface area (Å²) in [6, 6.07) is 0. The molecule has 1 rings (SSSR count). The Balaban J connectivity index is 2.28. The Hall–Kier alpha value is -0.610. The van der Waals surface area contributed by atoms with Gasteiger partial charge in [0.25, 0.3) is 0 Å². The number of ether oxygens (including phenoxy) is 1. The second kappa shape index (κ2) is 3.69. The van der Waals surface area contributed by atoms with E-state index in [1.54, 1.807) is 0 Å². The fraction of sp³-hybridized carbons (Fsp3) is 0.857. The SMILES string of the molecule is NC(=O)CC1CCO[C@@H](O)C1. The van der Waals surface area contributed by atoms with E-state index in [1.807, 2.05) is 0 Å². The standard InChI is InChI=1S/C7H13NO3/c8-6(9)3-5-1-2-11-7(10)4-5/h5,7,10H,1-4H2,(H2,8,9)/t5?,7-/m1/s1. The number of aliphatic hydroxyl groups is 1. The highest BCUT2D eigenvalue weighted by Gasteiger charge is 2.21. The monoisotopic (exact) mass is 159 g/mol. The summed E-state index contributed by atoms with van der Waals surface area (Å²) in [4.78, 5) is 10.5. The number of carbonyl (C=O) groups excluding carboxylic acids is 1. The Bertz CT molecular complexity index is 149. The molecule has 4 heteroatoms. The largest absolute Gasteiger partial charge is 0.370 e. The zero-order chi connectivity index (χ0) is 8.27. The quantitative estimate of drug-likeness (QED) is 0.576. The van der Waals surface area contributed by atoms with Crippen LogP contribution in [0.5, 0.6) is 0 Å². The van der Waals surface area contributed by atoms with Gasteiger partial charge in [0.1, 0.15) is 0 Å². The van der Waals surface area contributed by atoms with Crippen LogP contribution in [-0.2, 0) is 9.53 Å². The molecular weight excluding hydrogens is 146 g/mol. The number of primary amides is 1. The van der Waals surface area contributed by atoms with Crippen molar-refractivity contribution in [3.8, 4) is 0 Å². The molecule has 4 nitrogen and oxygen atoms in total. The molecule has 0 aromatic carbocycles. The van der Waals surface area contributed by atoms with E-state index in [2.05, 4.69) is 0 Å². The summed E-state index contributed by atoms with van der Waals surface area (Å²) < 4.78 is 4.89. The first-order valence-corrected chi connectivity index (χ1v) is 3.76. The van der Waals surface area contributed by atoms with Crippen LogP contribution < -0.4 is 5.73 Å². The maximum absolute atomic E-state index is 10.5. The average Bonchev–Trinajstić information content (AvgIpc) is 1.85. The zero-order valence-electron chi connectivity index (χ0n) is 6.32. The van der Waals surface area contributed by atoms with Gasteiger partial charge in [0.15, 0.2) is 6.29 Å². The number of carbonyl (C=O) groups is 1. The fourth-order valence-electron chi connectivity index (χ4n) is 1.31. The van der Waals surface area contributed by atoms with Gasteiger partial charge in [-0.15, -0.1) is 0 Å². The molecule has 0 aliphatic carbocycles. The molecule has 1 saturated heterocycles. The van der Waals surface area contributed by atoms with Gasteiger partial charge >= 0.3 is 0 Å². The highest BCUT2D eigenvalue weighted by molar-refractivity contribution is 5.73. The molecule has 0 aromatic heterocycles. The summed E-state index contributed by atoms with van der Waals surface area (Å²) in [5, 5.41) is 9.02. The number of hydrogen-bond donors (Lipinski definition) is 2. The summed E-state index contributed by atoms with van der Waals surface area (Å²) in [7, 11) is 0. The second-order valence-corrected chi connectivity index (χ2v) is 2.89. The van der Waals surface area contributed by atoms with Gasteiger partial charge in [-0.3, -0.25) is 4.79 Å². The van der Waals surface area contributed by atoms with E-state index < -0.39 is 6.29 Å². The third kappa shape index (κ3) is 2.86. The average molecular weight is 159 g/mol. The third-order valence-electron chi connectivity index (χ3n) is 1.86. The highest BCUT2D eigenvalue weighted by Crippen LogP contribution is 2.21. The first kappa shape index (κ1) is 8.49. The molecule has 1 heterocycles. The van der Waals surface area contributed by atoms with E-state index >= 15 is 0 Å². The van der Waals surface area contributed by atoms with Crippen molar-refractivity contribution in [2.75, 3.05) is 6.61 Å². The van der Waals surface area contributed by atoms with E-state index in [-0.39, 0.29) is 11.8 Å². The van der Waals surface area contributed by atoms with E-state index in [9.17, 15) is 4.79 Å². The molecule has 0 saturated carbocycles. The van der Waals surface area contributed by atoms with Crippen molar-refractivity contribution in [2.24, 2.45) is 11.7 Å². The van der Waals surface area contributed by atoms with E-state index in [0.717, 1.165) is 6.42 Å². The van der Waals surface area contributed by atoms with Crippen LogP contribution in [0.25, 0.3) is 0 Å². The van der Waals surface area contributed by atoms with Gasteiger partial charge in [0.2, 0.25) is 5.91 Å². The van der Waals surface area contributed by atoms with Crippen LogP contribution in [0.2, 0.25) is 0 Å². The fourth-order valence-corrected chi connectivity index (χ4v) is 1.31. The molecule has 3 N–H and O–H groups in total. The maximum atomic E-state index is 10.5. The topological polar surface area (TPSA) is 72.6 Å². The number of aliphatic hydroxyl groups excluding tert-OH is 1. The number of nitrogens with two attached hydrogens (primary N) is 1. The van der Waals surface area contributed by atoms with Crippen LogP contribution >= 0.6 is 0 Å². The minimum Gasteiger partial charge on any atom is -0.370 e. The molecule has 1 fully saturated rings. The van der Waals surface area contributed by atoms with Crippen molar-refractivity contribution in [2.45, 2.75) is 25.6 Å². The van der Waals surface area contributed by atoms with Crippen LogP contribution in [0.3, 0.4) is 0 Å². The minimum atomic E-state index is -0.701. The molecule has 2 atom stereocenters. The molecule has 11 heavy (non-hydrogen) atoms. The minimum absolute atomic E-state index is 0.205. The van der Waals surface area contributed by atoms with E-state index in [1.165, 1.54) is 0 Å². The Morgan fingerprint density at radius 2 is 2.45 bits per heavy atom. The Morgan fingerprint density at radius 3 is 3.00 bits per heavy atom. The molecular formula is C7H13NO3. The van der Waals surface area contributed by atoms with Crippen molar-refractivity contribution >= 4 is 5.91 Å². The van der Waals surface area contributed by atoms with Crippen LogP contribution in [0.4, 0.5) is 0 Å². The van der Waals surface area contributed by atoms with Crippen LogP contribution in [0.15, 0.2) is 0 Å². The van der Waals surface area contributed by atoms with E-state index in [0.29, 0.717) is 19.4 Å². The lowest BCUT2D eigenvalue weighted by atomic mass is 9.95. The van der Waals surface area contributed by atoms with Crippen molar-refractivity contribution in [3.63, 3.8) is 0 Å². The normalized spacial score (nSPS) is 31.7. The van der Waals surface area contributed by atoms with Crippen molar-refractivity contribution < 1.29 is 14.6 Å². The zero-order valence-corrected chi connectivity index (χ0v) is 6.32. The first-order chi connectivity index (χ1) is 5.18. The molecule has 1 amide bonds. The lowest BCUT2D eigenvalue weighted by Gasteiger charge is -2.24. The predicted octanol–water partition coefficient (Wildman–Crippen LogP) is -0.393. The van der Waals surface area contributed by atoms with Gasteiger partial charge in [-0.1, -0.05) is 0 Å². The summed E-state index contributed by atoms with van der Waals surface area (Å²) in [6.07, 6.45) is 1.01. The highest BCUT2D eigenvalue weighted by atomic mass is 16.6. The Labute approximate surface area is 65.3 Å². The summed E-state index contributed by atoms with van der Waals surface area (Å²) in [5.74, 6) is -0.0969. The van der Waals surface area contributed by atoms with Crippen LogP contribution in [-0.4, -0.2) is 23.9 Å². The van der Waals surface area contributed by atoms with Gasteiger partial charge in [0, 0.05) is 12.8 Å². The lowest BCUT2D eigenvalue weighted by molar-refractivity contribution is -0.142. The van der Waals surface area contributed by atoms with E-state index in [4.69, 9.17) is 15.6 Å². The maximum Gasteiger partial charge on any atom is 0.217 e. The summed E-state index contributed by atoms with van der Waals surface area (Å²) >= 11 is 0. The molecule has 0 aromatic rings. The van der Waals surface area contributed by atoms with Gasteiger partial charge in [-0.05, 0) is 12.3 Å². The van der Waals surface area contributed by atoms with Crippen molar-refractivity contribution in [3.05, 3.63) is 0 Å². The summed E-state index contributed by atoms with van der Waals surface area (Å²) in [5.41, 5.74) is 5.01. The lowest BCUT2D eigenvalue weighted by Crippen LogP contribution is -2.28. The number of hydrogen-bond acceptors (Lipinski definition) is 3. The number of rotatable bonds is 2. The molecule has 1 unspecified atom stereocenters. The third-order valence-corrected chi connectivity index (χ3v) is 1.86. The number of amides is 1. The molecule has 1 aliphatic heterocycles. The Morgan fingerprint density at radius 1 is 1.73 bits per heavy atom. The van der Waals surface area contributed by atoms with Crippen LogP contribution in [0.1, 0.15) is 19.3 Å². The van der Waals surface area contributed by atoms with Gasteiger partial charge in [0.05, 0.1) is 6.61 Å². The summed E-state index contributed by atoms with van der Waals surface area (Å²) in [6.45, 7) is 0.527. The molecule has 0 spiro atoms. The second-order valence-electron chi connectivity index (χ2n) is 2.89. The van der Waals surface area contributed by atoms with Crippen LogP contribution in [0, 0.1) is 5.92 Å². The van der Waals surface area contributed by atoms with Crippen molar-refractivity contribution in [1.29, 1.82) is 0 Å². The van der Waals surface area contributed by atoms with Gasteiger partial charge in [-0.2, -0.15) is 0 Å². The van der Waals surface area contributed by atoms with Gasteiger partial charge in [-0.25, -0.2) is 0 Å². The molecule has 64 valence electrons. The van der Waals surface area contributed by atoms with Gasteiger partial charge < -0.3 is 15.6 Å². The molecule has 0 bridgehead atoms. The molecule has 0 radical (unpaired) electrons. The first-order valence-electron chi connectivity index (χ1n) is 3.76. The smallest absolute Gasteiger partial charge is 0.217 e. The van der Waals surface area contributed by atoms with Crippen molar-refractivity contribution in [1.82, 2.24) is 0 Å². The Kier molecular flexibility index (Phi) is 2.84.